The van der Waals surface area contributed by atoms with Gasteiger partial charge in [-0.1, -0.05) is 11.6 Å². The molecule has 1 aromatic heterocycles. The Morgan fingerprint density at radius 2 is 2.08 bits per heavy atom. The highest BCUT2D eigenvalue weighted by molar-refractivity contribution is 6.33. The van der Waals surface area contributed by atoms with Crippen molar-refractivity contribution in [3.05, 3.63) is 57.0 Å². The van der Waals surface area contributed by atoms with Gasteiger partial charge in [0, 0.05) is 0 Å². The van der Waals surface area contributed by atoms with Gasteiger partial charge in [0.1, 0.15) is 10.7 Å². The molecule has 0 aliphatic rings. The van der Waals surface area contributed by atoms with Gasteiger partial charge in [-0.05, 0) is 31.2 Å². The summed E-state index contributed by atoms with van der Waals surface area (Å²) < 4.78 is 22.4. The number of halogens is 2. The Hall–Kier alpha value is -2.94. The number of amides is 1. The molecule has 0 aliphatic carbocycles. The molecule has 10 heteroatoms. The molecule has 0 unspecified atom stereocenters. The molecule has 126 valence electrons. The number of nitrogens with zero attached hydrogens (tertiary/aromatic N) is 1. The van der Waals surface area contributed by atoms with Gasteiger partial charge < -0.3 is 14.5 Å². The molecule has 1 aromatic carbocycles. The van der Waals surface area contributed by atoms with Crippen LogP contribution < -0.4 is 5.32 Å². The third-order valence-electron chi connectivity index (χ3n) is 2.81. The highest BCUT2D eigenvalue weighted by Gasteiger charge is 2.24. The quantitative estimate of drug-likeness (QED) is 0.500. The van der Waals surface area contributed by atoms with Gasteiger partial charge in [0.2, 0.25) is 5.76 Å². The van der Waals surface area contributed by atoms with Crippen molar-refractivity contribution in [3.8, 4) is 0 Å². The predicted octanol–water partition coefficient (Wildman–Crippen LogP) is 3.16. The Labute approximate surface area is 139 Å². The van der Waals surface area contributed by atoms with Crippen molar-refractivity contribution in [3.63, 3.8) is 0 Å². The first-order valence-electron chi connectivity index (χ1n) is 6.49. The van der Waals surface area contributed by atoms with E-state index in [1.54, 1.807) is 0 Å². The van der Waals surface area contributed by atoms with E-state index in [1.165, 1.54) is 13.0 Å². The minimum absolute atomic E-state index is 0.0245. The highest BCUT2D eigenvalue weighted by atomic mass is 35.5. The Morgan fingerprint density at radius 3 is 2.67 bits per heavy atom. The topological polar surface area (TPSA) is 112 Å². The summed E-state index contributed by atoms with van der Waals surface area (Å²) in [5.41, 5.74) is 0.139. The Kier molecular flexibility index (Phi) is 5.14. The van der Waals surface area contributed by atoms with E-state index in [9.17, 15) is 24.1 Å². The molecule has 1 atom stereocenters. The minimum atomic E-state index is -1.25. The number of nitro groups is 1. The first-order valence-corrected chi connectivity index (χ1v) is 6.87. The Balaban J connectivity index is 2.00. The molecule has 0 bridgehead atoms. The highest BCUT2D eigenvalue weighted by Crippen LogP contribution is 2.23. The summed E-state index contributed by atoms with van der Waals surface area (Å²) in [7, 11) is 0. The number of hydrogen-bond donors (Lipinski definition) is 1. The summed E-state index contributed by atoms with van der Waals surface area (Å²) in [5, 5.41) is 12.8. The van der Waals surface area contributed by atoms with Gasteiger partial charge in [0.15, 0.2) is 6.10 Å². The van der Waals surface area contributed by atoms with Crippen LogP contribution in [0.1, 0.15) is 17.5 Å². The van der Waals surface area contributed by atoms with Gasteiger partial charge in [0.25, 0.3) is 5.91 Å². The summed E-state index contributed by atoms with van der Waals surface area (Å²) >= 11 is 5.77. The summed E-state index contributed by atoms with van der Waals surface area (Å²) in [4.78, 5) is 33.4. The van der Waals surface area contributed by atoms with Crippen molar-refractivity contribution in [1.82, 2.24) is 0 Å². The van der Waals surface area contributed by atoms with Crippen LogP contribution in [0.15, 0.2) is 34.7 Å². The first kappa shape index (κ1) is 17.4. The molecule has 0 saturated heterocycles. The van der Waals surface area contributed by atoms with E-state index in [0.717, 1.165) is 24.3 Å². The third-order valence-corrected chi connectivity index (χ3v) is 3.13. The van der Waals surface area contributed by atoms with Gasteiger partial charge in [-0.15, -0.1) is 0 Å². The fourth-order valence-corrected chi connectivity index (χ4v) is 1.85. The monoisotopic (exact) mass is 356 g/mol. The lowest BCUT2D eigenvalue weighted by atomic mass is 10.3. The molecule has 2 rings (SSSR count). The van der Waals surface area contributed by atoms with Gasteiger partial charge in [-0.3, -0.25) is 14.9 Å². The van der Waals surface area contributed by atoms with E-state index in [1.807, 2.05) is 0 Å². The Bertz CT molecular complexity index is 806. The minimum Gasteiger partial charge on any atom is -0.447 e. The predicted molar refractivity (Wildman–Crippen MR) is 80.3 cm³/mol. The van der Waals surface area contributed by atoms with Crippen LogP contribution in [0.5, 0.6) is 0 Å². The van der Waals surface area contributed by atoms with Crippen LogP contribution in [0.4, 0.5) is 16.0 Å². The number of ether oxygens (including phenoxy) is 1. The number of hydrogen-bond acceptors (Lipinski definition) is 6. The number of carbonyl (C=O) groups is 2. The average Bonchev–Trinajstić information content (AvgIpc) is 3.00. The van der Waals surface area contributed by atoms with Crippen LogP contribution in [0, 0.1) is 15.9 Å². The van der Waals surface area contributed by atoms with Crippen LogP contribution in [0.3, 0.4) is 0 Å². The molecular weight excluding hydrogens is 347 g/mol. The summed E-state index contributed by atoms with van der Waals surface area (Å²) in [5.74, 6) is -3.39. The van der Waals surface area contributed by atoms with Gasteiger partial charge in [0.05, 0.1) is 16.8 Å². The number of rotatable bonds is 5. The summed E-state index contributed by atoms with van der Waals surface area (Å²) in [6.07, 6.45) is -1.25. The fourth-order valence-electron chi connectivity index (χ4n) is 1.63. The number of esters is 1. The van der Waals surface area contributed by atoms with Crippen molar-refractivity contribution >= 4 is 35.0 Å². The van der Waals surface area contributed by atoms with Crippen LogP contribution in [-0.4, -0.2) is 22.9 Å². The number of benzene rings is 1. The second-order valence-electron chi connectivity index (χ2n) is 4.56. The van der Waals surface area contributed by atoms with Crippen LogP contribution in [0.25, 0.3) is 0 Å². The van der Waals surface area contributed by atoms with E-state index < -0.39 is 40.4 Å². The molecular formula is C14H10ClFN2O6. The third kappa shape index (κ3) is 4.07. The molecule has 0 saturated carbocycles. The first-order chi connectivity index (χ1) is 11.3. The molecule has 8 nitrogen and oxygen atoms in total. The maximum absolute atomic E-state index is 12.9. The normalized spacial score (nSPS) is 11.6. The van der Waals surface area contributed by atoms with Gasteiger partial charge in [-0.25, -0.2) is 9.18 Å². The smallest absolute Gasteiger partial charge is 0.433 e. The van der Waals surface area contributed by atoms with Crippen LogP contribution in [-0.2, 0) is 9.53 Å². The van der Waals surface area contributed by atoms with Gasteiger partial charge >= 0.3 is 11.9 Å². The molecule has 0 aliphatic heterocycles. The lowest BCUT2D eigenvalue weighted by molar-refractivity contribution is -0.402. The molecule has 2 aromatic rings. The number of furan rings is 1. The molecule has 0 fully saturated rings. The maximum Gasteiger partial charge on any atom is 0.433 e. The van der Waals surface area contributed by atoms with E-state index in [2.05, 4.69) is 9.73 Å². The lowest BCUT2D eigenvalue weighted by Gasteiger charge is -2.13. The molecule has 0 radical (unpaired) electrons. The zero-order valence-electron chi connectivity index (χ0n) is 12.1. The molecule has 0 spiro atoms. The molecule has 1 heterocycles. The van der Waals surface area contributed by atoms with Crippen molar-refractivity contribution in [2.75, 3.05) is 5.32 Å². The number of carbonyl (C=O) groups excluding carboxylic acids is 2. The van der Waals surface area contributed by atoms with Crippen molar-refractivity contribution < 1.29 is 28.1 Å². The average molecular weight is 357 g/mol. The number of anilines is 1. The molecule has 24 heavy (non-hydrogen) atoms. The molecule has 1 N–H and O–H groups in total. The van der Waals surface area contributed by atoms with Crippen LogP contribution >= 0.6 is 11.6 Å². The second-order valence-corrected chi connectivity index (χ2v) is 4.96. The van der Waals surface area contributed by atoms with Crippen molar-refractivity contribution in [1.29, 1.82) is 0 Å². The number of nitrogens with one attached hydrogen (secondary N) is 1. The Morgan fingerprint density at radius 1 is 1.38 bits per heavy atom. The van der Waals surface area contributed by atoms with Gasteiger partial charge in [-0.2, -0.15) is 0 Å². The van der Waals surface area contributed by atoms with E-state index in [0.29, 0.717) is 0 Å². The standard InChI is InChI=1S/C14H10ClFN2O6/c1-7(13(19)17-10-3-2-8(16)6-9(10)15)23-14(20)11-4-5-12(24-11)18(21)22/h2-7H,1H3,(H,17,19)/t7-/m0/s1. The SMILES string of the molecule is C[C@H](OC(=O)c1ccc([N+](=O)[O-])o1)C(=O)Nc1ccc(F)cc1Cl. The zero-order chi connectivity index (χ0) is 17.9. The largest absolute Gasteiger partial charge is 0.447 e. The summed E-state index contributed by atoms with van der Waals surface area (Å²) in [6.45, 7) is 1.28. The second kappa shape index (κ2) is 7.09. The zero-order valence-corrected chi connectivity index (χ0v) is 12.9. The maximum atomic E-state index is 12.9. The van der Waals surface area contributed by atoms with Crippen molar-refractivity contribution in [2.24, 2.45) is 0 Å². The van der Waals surface area contributed by atoms with E-state index in [4.69, 9.17) is 16.3 Å². The van der Waals surface area contributed by atoms with E-state index >= 15 is 0 Å². The molecule has 1 amide bonds. The van der Waals surface area contributed by atoms with E-state index in [-0.39, 0.29) is 10.7 Å². The summed E-state index contributed by atoms with van der Waals surface area (Å²) in [6, 6.07) is 5.40. The van der Waals surface area contributed by atoms with Crippen molar-refractivity contribution in [2.45, 2.75) is 13.0 Å². The lowest BCUT2D eigenvalue weighted by Crippen LogP contribution is -2.30. The van der Waals surface area contributed by atoms with Crippen LogP contribution in [0.2, 0.25) is 5.02 Å². The fraction of sp³-hybridized carbons (Fsp3) is 0.143.